The van der Waals surface area contributed by atoms with Crippen LogP contribution in [0.1, 0.15) is 21.5 Å². The van der Waals surface area contributed by atoms with E-state index >= 15 is 0 Å². The Morgan fingerprint density at radius 2 is 1.70 bits per heavy atom. The van der Waals surface area contributed by atoms with Gasteiger partial charge in [-0.25, -0.2) is 9.80 Å². The molecule has 11 heteroatoms. The van der Waals surface area contributed by atoms with E-state index in [4.69, 9.17) is 14.6 Å². The maximum Gasteiger partial charge on any atom is 0.333 e. The van der Waals surface area contributed by atoms with Gasteiger partial charge >= 0.3 is 6.03 Å². The lowest BCUT2D eigenvalue weighted by Crippen LogP contribution is -2.49. The van der Waals surface area contributed by atoms with Crippen molar-refractivity contribution in [1.82, 2.24) is 25.5 Å². The van der Waals surface area contributed by atoms with Crippen molar-refractivity contribution in [2.75, 3.05) is 69.8 Å². The Labute approximate surface area is 255 Å². The molecule has 3 aliphatic rings. The molecule has 7 rings (SSSR count). The number of fused-ring (bicyclic) bond motifs is 3. The van der Waals surface area contributed by atoms with Crippen molar-refractivity contribution in [3.63, 3.8) is 0 Å². The Morgan fingerprint density at radius 3 is 2.43 bits per heavy atom. The van der Waals surface area contributed by atoms with Crippen LogP contribution in [0.5, 0.6) is 5.75 Å². The van der Waals surface area contributed by atoms with E-state index < -0.39 is 6.03 Å². The number of hydrogen-bond donors (Lipinski definition) is 3. The SMILES string of the molecule is COc1ccc(Cn2nc(-c3ccc(N4CCNCC4)cc3)c3c2-c2cccc(NC(=O)NN4CCOCC4)c2C3=O)cc1. The van der Waals surface area contributed by atoms with Gasteiger partial charge in [0.25, 0.3) is 0 Å². The molecular weight excluding hydrogens is 558 g/mol. The Morgan fingerprint density at radius 1 is 0.955 bits per heavy atom. The third-order valence-electron chi connectivity index (χ3n) is 8.36. The first-order valence-electron chi connectivity index (χ1n) is 15.0. The maximum atomic E-state index is 14.3. The summed E-state index contributed by atoms with van der Waals surface area (Å²) >= 11 is 0. The molecular formula is C33H35N7O4. The van der Waals surface area contributed by atoms with Crippen LogP contribution in [0.25, 0.3) is 22.5 Å². The highest BCUT2D eigenvalue weighted by Gasteiger charge is 2.37. The molecule has 1 aromatic heterocycles. The van der Waals surface area contributed by atoms with Crippen molar-refractivity contribution >= 4 is 23.2 Å². The number of hydrogen-bond acceptors (Lipinski definition) is 8. The summed E-state index contributed by atoms with van der Waals surface area (Å²) in [5.74, 6) is 0.621. The van der Waals surface area contributed by atoms with Gasteiger partial charge in [-0.15, -0.1) is 0 Å². The van der Waals surface area contributed by atoms with Crippen molar-refractivity contribution in [1.29, 1.82) is 0 Å². The van der Waals surface area contributed by atoms with Crippen molar-refractivity contribution < 1.29 is 19.1 Å². The number of nitrogens with zero attached hydrogens (tertiary/aromatic N) is 4. The van der Waals surface area contributed by atoms with Crippen molar-refractivity contribution in [3.05, 3.63) is 83.4 Å². The van der Waals surface area contributed by atoms with Gasteiger partial charge in [-0.3, -0.25) is 14.9 Å². The highest BCUT2D eigenvalue weighted by molar-refractivity contribution is 6.27. The van der Waals surface area contributed by atoms with Crippen molar-refractivity contribution in [2.24, 2.45) is 0 Å². The number of morpholine rings is 1. The topological polar surface area (TPSA) is 113 Å². The van der Waals surface area contributed by atoms with E-state index in [1.54, 1.807) is 13.2 Å². The first-order chi connectivity index (χ1) is 21.6. The number of ketones is 1. The standard InChI is InChI=1S/C33H35N7O4/c1-43-25-11-5-22(6-12-25)21-40-31-26-3-2-4-27(35-33(42)37-39-17-19-44-20-18-39)28(26)32(41)29(31)30(36-40)23-7-9-24(10-8-23)38-15-13-34-14-16-38/h2-12,34H,13-21H2,1H3,(H2,35,37,42). The molecule has 0 unspecified atom stereocenters. The highest BCUT2D eigenvalue weighted by Crippen LogP contribution is 2.44. The fourth-order valence-electron chi connectivity index (χ4n) is 6.12. The number of benzene rings is 3. The highest BCUT2D eigenvalue weighted by atomic mass is 16.5. The average Bonchev–Trinajstić information content (AvgIpc) is 3.58. The van der Waals surface area contributed by atoms with E-state index in [-0.39, 0.29) is 5.78 Å². The molecule has 3 heterocycles. The van der Waals surface area contributed by atoms with Gasteiger partial charge < -0.3 is 25.0 Å². The van der Waals surface area contributed by atoms with Gasteiger partial charge in [0.05, 0.1) is 49.4 Å². The normalized spacial score (nSPS) is 16.4. The van der Waals surface area contributed by atoms with E-state index in [1.165, 1.54) is 0 Å². The molecule has 4 aromatic rings. The number of nitrogens with one attached hydrogen (secondary N) is 3. The van der Waals surface area contributed by atoms with Crippen LogP contribution < -0.4 is 25.7 Å². The number of ether oxygens (including phenoxy) is 2. The number of hydrazine groups is 1. The minimum atomic E-state index is -0.396. The maximum absolute atomic E-state index is 14.3. The molecule has 0 atom stereocenters. The fraction of sp³-hybridized carbons (Fsp3) is 0.303. The smallest absolute Gasteiger partial charge is 0.333 e. The largest absolute Gasteiger partial charge is 0.497 e. The molecule has 11 nitrogen and oxygen atoms in total. The molecule has 2 saturated heterocycles. The summed E-state index contributed by atoms with van der Waals surface area (Å²) in [6.07, 6.45) is 0. The van der Waals surface area contributed by atoms with Crippen LogP contribution in [0.3, 0.4) is 0 Å². The average molecular weight is 594 g/mol. The Hall–Kier alpha value is -4.71. The Kier molecular flexibility index (Phi) is 7.73. The molecule has 2 fully saturated rings. The minimum absolute atomic E-state index is 0.153. The van der Waals surface area contributed by atoms with Crippen LogP contribution >= 0.6 is 0 Å². The lowest BCUT2D eigenvalue weighted by atomic mass is 10.0. The number of rotatable bonds is 7. The molecule has 226 valence electrons. The van der Waals surface area contributed by atoms with Gasteiger partial charge in [-0.1, -0.05) is 36.4 Å². The van der Waals surface area contributed by atoms with Gasteiger partial charge in [0, 0.05) is 56.1 Å². The fourth-order valence-corrected chi connectivity index (χ4v) is 6.12. The monoisotopic (exact) mass is 593 g/mol. The van der Waals surface area contributed by atoms with Gasteiger partial charge in [0.15, 0.2) is 5.78 Å². The van der Waals surface area contributed by atoms with E-state index in [1.807, 2.05) is 58.2 Å². The number of urea groups is 1. The van der Waals surface area contributed by atoms with Crippen LogP contribution in [0.15, 0.2) is 66.7 Å². The summed E-state index contributed by atoms with van der Waals surface area (Å²) in [4.78, 5) is 29.6. The lowest BCUT2D eigenvalue weighted by Gasteiger charge is -2.29. The molecule has 2 aliphatic heterocycles. The first-order valence-corrected chi connectivity index (χ1v) is 15.0. The quantitative estimate of drug-likeness (QED) is 0.263. The Bertz CT molecular complexity index is 1670. The van der Waals surface area contributed by atoms with Crippen LogP contribution in [-0.4, -0.2) is 86.2 Å². The first kappa shape index (κ1) is 28.1. The second-order valence-electron chi connectivity index (χ2n) is 11.1. The van der Waals surface area contributed by atoms with Crippen molar-refractivity contribution in [3.8, 4) is 28.3 Å². The zero-order chi connectivity index (χ0) is 30.0. The number of amides is 2. The molecule has 0 saturated carbocycles. The second-order valence-corrected chi connectivity index (χ2v) is 11.1. The predicted molar refractivity (Wildman–Crippen MR) is 168 cm³/mol. The summed E-state index contributed by atoms with van der Waals surface area (Å²) < 4.78 is 12.6. The summed E-state index contributed by atoms with van der Waals surface area (Å²) in [5.41, 5.74) is 9.52. The third kappa shape index (κ3) is 5.41. The van der Waals surface area contributed by atoms with Gasteiger partial charge in [0.2, 0.25) is 0 Å². The van der Waals surface area contributed by atoms with Crippen LogP contribution in [0, 0.1) is 0 Å². The number of aromatic nitrogens is 2. The predicted octanol–water partition coefficient (Wildman–Crippen LogP) is 3.60. The number of carbonyl (C=O) groups excluding carboxylic acids is 2. The van der Waals surface area contributed by atoms with Crippen LogP contribution in [0.4, 0.5) is 16.2 Å². The van der Waals surface area contributed by atoms with E-state index in [0.29, 0.717) is 55.4 Å². The zero-order valence-corrected chi connectivity index (χ0v) is 24.6. The van der Waals surface area contributed by atoms with Crippen LogP contribution in [-0.2, 0) is 11.3 Å². The second kappa shape index (κ2) is 12.1. The van der Waals surface area contributed by atoms with Gasteiger partial charge in [0.1, 0.15) is 11.4 Å². The van der Waals surface area contributed by atoms with Gasteiger partial charge in [-0.05, 0) is 35.9 Å². The third-order valence-corrected chi connectivity index (χ3v) is 8.36. The molecule has 3 N–H and O–H groups in total. The zero-order valence-electron chi connectivity index (χ0n) is 24.6. The van der Waals surface area contributed by atoms with Crippen molar-refractivity contribution in [2.45, 2.75) is 6.54 Å². The summed E-state index contributed by atoms with van der Waals surface area (Å²) in [5, 5.41) is 13.1. The van der Waals surface area contributed by atoms with E-state index in [0.717, 1.165) is 60.0 Å². The summed E-state index contributed by atoms with van der Waals surface area (Å²) in [6, 6.07) is 21.3. The minimum Gasteiger partial charge on any atom is -0.497 e. The molecule has 2 amide bonds. The molecule has 0 spiro atoms. The number of methoxy groups -OCH3 is 1. The summed E-state index contributed by atoms with van der Waals surface area (Å²) in [7, 11) is 1.64. The molecule has 44 heavy (non-hydrogen) atoms. The van der Waals surface area contributed by atoms with E-state index in [2.05, 4.69) is 33.1 Å². The van der Waals surface area contributed by atoms with Gasteiger partial charge in [-0.2, -0.15) is 5.10 Å². The molecule has 3 aromatic carbocycles. The lowest BCUT2D eigenvalue weighted by molar-refractivity contribution is 0.0207. The number of anilines is 2. The van der Waals surface area contributed by atoms with Crippen LogP contribution in [0.2, 0.25) is 0 Å². The Balaban J connectivity index is 1.25. The summed E-state index contributed by atoms with van der Waals surface area (Å²) in [6.45, 7) is 6.59. The van der Waals surface area contributed by atoms with E-state index in [9.17, 15) is 9.59 Å². The molecule has 1 aliphatic carbocycles. The number of piperazine rings is 1. The molecule has 0 bridgehead atoms. The number of carbonyl (C=O) groups is 2. The molecule has 0 radical (unpaired) electrons.